The topological polar surface area (TPSA) is 195 Å². The third-order valence-corrected chi connectivity index (χ3v) is 6.25. The SMILES string of the molecule is Cc1ccc(C[C@@H](C=O)NC(=O)[C@H](CCCN=C(N)N)NC(=O)[C@H](CCCCN)NC(=O)c2ccccc2)cc1. The highest BCUT2D eigenvalue weighted by Gasteiger charge is 2.28. The number of unbranched alkanes of at least 4 members (excludes halogenated alkanes) is 1. The molecule has 2 rings (SSSR count). The molecule has 0 bridgehead atoms. The monoisotopic (exact) mass is 551 g/mol. The summed E-state index contributed by atoms with van der Waals surface area (Å²) in [5.74, 6) is -1.50. The Kier molecular flexibility index (Phi) is 13.9. The molecule has 2 aromatic rings. The van der Waals surface area contributed by atoms with Crippen molar-refractivity contribution >= 4 is 30.0 Å². The summed E-state index contributed by atoms with van der Waals surface area (Å²) in [6.07, 6.45) is 3.21. The third kappa shape index (κ3) is 11.6. The first-order valence-electron chi connectivity index (χ1n) is 13.5. The van der Waals surface area contributed by atoms with Crippen molar-refractivity contribution in [2.75, 3.05) is 13.1 Å². The summed E-state index contributed by atoms with van der Waals surface area (Å²) in [5.41, 5.74) is 18.8. The molecule has 0 fully saturated rings. The Bertz CT molecular complexity index is 1120. The summed E-state index contributed by atoms with van der Waals surface area (Å²) in [4.78, 5) is 55.2. The van der Waals surface area contributed by atoms with Crippen molar-refractivity contribution in [2.24, 2.45) is 22.2 Å². The molecule has 0 saturated carbocycles. The number of nitrogens with one attached hydrogen (secondary N) is 3. The first kappa shape index (κ1) is 32.0. The summed E-state index contributed by atoms with van der Waals surface area (Å²) >= 11 is 0. The van der Waals surface area contributed by atoms with E-state index >= 15 is 0 Å². The standard InChI is InChI=1S/C29H41N7O4/c1-20-12-14-21(15-13-20)18-23(19-37)34-27(39)25(11-7-17-33-29(31)32)36-28(40)24(10-5-6-16-30)35-26(38)22-8-3-2-4-9-22/h2-4,8-9,12-15,19,23-25H,5-7,10-11,16-18,30H2,1H3,(H,34,39)(H,35,38)(H,36,40)(H4,31,32,33)/t23-,24-,25-/m0/s1. The number of aldehydes is 1. The van der Waals surface area contributed by atoms with Crippen molar-refractivity contribution in [2.45, 2.75) is 63.6 Å². The number of carbonyl (C=O) groups is 4. The number of benzene rings is 2. The summed E-state index contributed by atoms with van der Waals surface area (Å²) in [6.45, 7) is 2.67. The molecule has 11 nitrogen and oxygen atoms in total. The van der Waals surface area contributed by atoms with E-state index in [2.05, 4.69) is 20.9 Å². The van der Waals surface area contributed by atoms with Crippen LogP contribution >= 0.6 is 0 Å². The smallest absolute Gasteiger partial charge is 0.251 e. The zero-order valence-electron chi connectivity index (χ0n) is 23.0. The van der Waals surface area contributed by atoms with Crippen LogP contribution in [0.3, 0.4) is 0 Å². The molecular weight excluding hydrogens is 510 g/mol. The number of nitrogens with two attached hydrogens (primary N) is 3. The quantitative estimate of drug-likeness (QED) is 0.0720. The van der Waals surface area contributed by atoms with Crippen molar-refractivity contribution in [3.05, 3.63) is 71.3 Å². The second kappa shape index (κ2) is 17.4. The molecule has 2 aromatic carbocycles. The zero-order chi connectivity index (χ0) is 29.3. The molecule has 0 aliphatic heterocycles. The minimum atomic E-state index is -0.979. The van der Waals surface area contributed by atoms with Gasteiger partial charge in [0.2, 0.25) is 11.8 Å². The van der Waals surface area contributed by atoms with E-state index in [4.69, 9.17) is 17.2 Å². The largest absolute Gasteiger partial charge is 0.370 e. The van der Waals surface area contributed by atoms with Gasteiger partial charge < -0.3 is 37.9 Å². The average molecular weight is 552 g/mol. The molecule has 0 spiro atoms. The maximum absolute atomic E-state index is 13.4. The molecule has 11 heteroatoms. The molecule has 0 aliphatic carbocycles. The number of nitrogens with zero attached hydrogens (tertiary/aromatic N) is 1. The van der Waals surface area contributed by atoms with Gasteiger partial charge in [0, 0.05) is 12.1 Å². The molecule has 0 aromatic heterocycles. The van der Waals surface area contributed by atoms with Gasteiger partial charge in [0.15, 0.2) is 5.96 Å². The van der Waals surface area contributed by atoms with Gasteiger partial charge in [-0.05, 0) is 69.7 Å². The predicted molar refractivity (Wildman–Crippen MR) is 155 cm³/mol. The van der Waals surface area contributed by atoms with E-state index in [1.165, 1.54) is 0 Å². The highest BCUT2D eigenvalue weighted by molar-refractivity contribution is 5.98. The van der Waals surface area contributed by atoms with E-state index in [9.17, 15) is 19.2 Å². The van der Waals surface area contributed by atoms with Gasteiger partial charge in [-0.15, -0.1) is 0 Å². The fraction of sp³-hybridized carbons (Fsp3) is 0.414. The van der Waals surface area contributed by atoms with Crippen LogP contribution < -0.4 is 33.2 Å². The molecule has 3 amide bonds. The Balaban J connectivity index is 2.15. The summed E-state index contributed by atoms with van der Waals surface area (Å²) in [7, 11) is 0. The molecule has 9 N–H and O–H groups in total. The molecule has 3 atom stereocenters. The Labute approximate surface area is 235 Å². The van der Waals surface area contributed by atoms with Crippen LogP contribution in [0.15, 0.2) is 59.6 Å². The van der Waals surface area contributed by atoms with Crippen LogP contribution in [0.25, 0.3) is 0 Å². The highest BCUT2D eigenvalue weighted by atomic mass is 16.2. The predicted octanol–water partition coefficient (Wildman–Crippen LogP) is 0.687. The molecule has 0 heterocycles. The maximum Gasteiger partial charge on any atom is 0.251 e. The average Bonchev–Trinajstić information content (AvgIpc) is 2.95. The highest BCUT2D eigenvalue weighted by Crippen LogP contribution is 2.09. The molecule has 216 valence electrons. The van der Waals surface area contributed by atoms with Crippen molar-refractivity contribution in [3.63, 3.8) is 0 Å². The molecule has 0 radical (unpaired) electrons. The van der Waals surface area contributed by atoms with Crippen molar-refractivity contribution < 1.29 is 19.2 Å². The van der Waals surface area contributed by atoms with Crippen molar-refractivity contribution in [1.29, 1.82) is 0 Å². The normalized spacial score (nSPS) is 12.8. The minimum absolute atomic E-state index is 0.0762. The van der Waals surface area contributed by atoms with Crippen molar-refractivity contribution in [1.82, 2.24) is 16.0 Å². The van der Waals surface area contributed by atoms with Gasteiger partial charge in [-0.2, -0.15) is 0 Å². The number of amides is 3. The number of hydrogen-bond acceptors (Lipinski definition) is 6. The minimum Gasteiger partial charge on any atom is -0.370 e. The van der Waals surface area contributed by atoms with Gasteiger partial charge in [0.1, 0.15) is 18.4 Å². The van der Waals surface area contributed by atoms with Crippen LogP contribution in [0.1, 0.15) is 53.6 Å². The van der Waals surface area contributed by atoms with E-state index in [-0.39, 0.29) is 18.9 Å². The maximum atomic E-state index is 13.4. The second-order valence-corrected chi connectivity index (χ2v) is 9.63. The second-order valence-electron chi connectivity index (χ2n) is 9.63. The lowest BCUT2D eigenvalue weighted by Gasteiger charge is -2.24. The van der Waals surface area contributed by atoms with Gasteiger partial charge in [-0.1, -0.05) is 48.0 Å². The molecule has 0 unspecified atom stereocenters. The Hall–Kier alpha value is -4.25. The van der Waals surface area contributed by atoms with E-state index in [0.717, 1.165) is 11.1 Å². The van der Waals surface area contributed by atoms with Gasteiger partial charge >= 0.3 is 0 Å². The number of rotatable bonds is 17. The van der Waals surface area contributed by atoms with Gasteiger partial charge in [-0.25, -0.2) is 0 Å². The molecule has 0 aliphatic rings. The lowest BCUT2D eigenvalue weighted by Crippen LogP contribution is -2.55. The fourth-order valence-corrected chi connectivity index (χ4v) is 4.03. The van der Waals surface area contributed by atoms with Crippen LogP contribution in [0.5, 0.6) is 0 Å². The third-order valence-electron chi connectivity index (χ3n) is 6.25. The van der Waals surface area contributed by atoms with Crippen LogP contribution in [-0.2, 0) is 20.8 Å². The van der Waals surface area contributed by atoms with Crippen molar-refractivity contribution in [3.8, 4) is 0 Å². The Morgan fingerprint density at radius 1 is 0.850 bits per heavy atom. The number of guanidine groups is 1. The molecule has 0 saturated heterocycles. The summed E-state index contributed by atoms with van der Waals surface area (Å²) in [6, 6.07) is 13.6. The summed E-state index contributed by atoms with van der Waals surface area (Å²) < 4.78 is 0. The van der Waals surface area contributed by atoms with Crippen LogP contribution in [0, 0.1) is 6.92 Å². The number of hydrogen-bond donors (Lipinski definition) is 6. The first-order chi connectivity index (χ1) is 19.2. The van der Waals surface area contributed by atoms with E-state index in [1.54, 1.807) is 30.3 Å². The van der Waals surface area contributed by atoms with Crippen LogP contribution in [0.2, 0.25) is 0 Å². The Morgan fingerprint density at radius 2 is 1.48 bits per heavy atom. The molecular formula is C29H41N7O4. The van der Waals surface area contributed by atoms with Gasteiger partial charge in [0.05, 0.1) is 6.04 Å². The van der Waals surface area contributed by atoms with E-state index < -0.39 is 35.8 Å². The van der Waals surface area contributed by atoms with Crippen LogP contribution in [0.4, 0.5) is 0 Å². The molecule has 40 heavy (non-hydrogen) atoms. The number of carbonyl (C=O) groups excluding carboxylic acids is 4. The van der Waals surface area contributed by atoms with Gasteiger partial charge in [-0.3, -0.25) is 19.4 Å². The van der Waals surface area contributed by atoms with E-state index in [1.807, 2.05) is 31.2 Å². The van der Waals surface area contributed by atoms with E-state index in [0.29, 0.717) is 50.5 Å². The lowest BCUT2D eigenvalue weighted by atomic mass is 10.0. The lowest BCUT2D eigenvalue weighted by molar-refractivity contribution is -0.131. The first-order valence-corrected chi connectivity index (χ1v) is 13.5. The number of aryl methyl sites for hydroxylation is 1. The van der Waals surface area contributed by atoms with Crippen LogP contribution in [-0.4, -0.2) is 61.2 Å². The summed E-state index contributed by atoms with van der Waals surface area (Å²) in [5, 5.41) is 8.27. The Morgan fingerprint density at radius 3 is 2.10 bits per heavy atom. The zero-order valence-corrected chi connectivity index (χ0v) is 23.0. The fourth-order valence-electron chi connectivity index (χ4n) is 4.03. The van der Waals surface area contributed by atoms with Gasteiger partial charge in [0.25, 0.3) is 5.91 Å². The number of aliphatic imine (C=N–C) groups is 1.